The predicted octanol–water partition coefficient (Wildman–Crippen LogP) is 3.81. The van der Waals surface area contributed by atoms with Crippen molar-refractivity contribution in [2.45, 2.75) is 20.4 Å². The molecule has 96 valence electrons. The second-order valence-corrected chi connectivity index (χ2v) is 4.91. The number of rotatable bonds is 3. The van der Waals surface area contributed by atoms with Crippen LogP contribution >= 0.6 is 0 Å². The monoisotopic (exact) mass is 250 g/mol. The number of hydrogen-bond donors (Lipinski definition) is 0. The van der Waals surface area contributed by atoms with Gasteiger partial charge in [0.15, 0.2) is 0 Å². The first-order valence-corrected chi connectivity index (χ1v) is 6.38. The highest BCUT2D eigenvalue weighted by Crippen LogP contribution is 2.22. The summed E-state index contributed by atoms with van der Waals surface area (Å²) in [6, 6.07) is 16.4. The topological polar surface area (TPSA) is 27.0 Å². The molecule has 19 heavy (non-hydrogen) atoms. The molecule has 0 aliphatic rings. The van der Waals surface area contributed by atoms with E-state index in [0.717, 1.165) is 17.7 Å². The second kappa shape index (κ2) is 5.58. The molecule has 2 nitrogen and oxygen atoms in total. The molecule has 0 saturated carbocycles. The summed E-state index contributed by atoms with van der Waals surface area (Å²) in [6.07, 6.45) is 0. The van der Waals surface area contributed by atoms with E-state index >= 15 is 0 Å². The minimum Gasteiger partial charge on any atom is -0.370 e. The van der Waals surface area contributed by atoms with E-state index in [1.807, 2.05) is 24.3 Å². The molecule has 0 unspecified atom stereocenters. The Hall–Kier alpha value is -2.27. The molecule has 0 amide bonds. The third kappa shape index (κ3) is 2.95. The van der Waals surface area contributed by atoms with Crippen LogP contribution in [0.15, 0.2) is 42.5 Å². The molecule has 0 saturated heterocycles. The summed E-state index contributed by atoms with van der Waals surface area (Å²) in [5.41, 5.74) is 5.55. The molecule has 2 aromatic carbocycles. The van der Waals surface area contributed by atoms with E-state index in [9.17, 15) is 0 Å². The van der Waals surface area contributed by atoms with Gasteiger partial charge in [-0.15, -0.1) is 0 Å². The van der Waals surface area contributed by atoms with E-state index in [0.29, 0.717) is 0 Å². The van der Waals surface area contributed by atoms with Gasteiger partial charge in [0.1, 0.15) is 0 Å². The van der Waals surface area contributed by atoms with Gasteiger partial charge in [-0.05, 0) is 37.1 Å². The Morgan fingerprint density at radius 3 is 2.53 bits per heavy atom. The van der Waals surface area contributed by atoms with Gasteiger partial charge in [0.25, 0.3) is 0 Å². The van der Waals surface area contributed by atoms with Crippen LogP contribution in [0.2, 0.25) is 0 Å². The molecule has 0 heterocycles. The predicted molar refractivity (Wildman–Crippen MR) is 79.2 cm³/mol. The number of benzene rings is 2. The van der Waals surface area contributed by atoms with Crippen molar-refractivity contribution < 1.29 is 0 Å². The van der Waals surface area contributed by atoms with Crippen molar-refractivity contribution in [3.05, 3.63) is 64.7 Å². The van der Waals surface area contributed by atoms with Gasteiger partial charge in [-0.25, -0.2) is 0 Å². The van der Waals surface area contributed by atoms with Crippen molar-refractivity contribution in [2.24, 2.45) is 0 Å². The van der Waals surface area contributed by atoms with Crippen LogP contribution in [0.1, 0.15) is 22.3 Å². The van der Waals surface area contributed by atoms with Gasteiger partial charge in [0.05, 0.1) is 11.6 Å². The third-order valence-electron chi connectivity index (χ3n) is 3.31. The third-order valence-corrected chi connectivity index (χ3v) is 3.31. The summed E-state index contributed by atoms with van der Waals surface area (Å²) in [6.45, 7) is 4.96. The van der Waals surface area contributed by atoms with Crippen LogP contribution in [0.3, 0.4) is 0 Å². The van der Waals surface area contributed by atoms with Crippen molar-refractivity contribution >= 4 is 5.69 Å². The Bertz CT molecular complexity index is 623. The van der Waals surface area contributed by atoms with Gasteiger partial charge in [0.2, 0.25) is 0 Å². The zero-order valence-electron chi connectivity index (χ0n) is 11.6. The Balaban J connectivity index is 2.26. The highest BCUT2D eigenvalue weighted by Gasteiger charge is 2.08. The Morgan fingerprint density at radius 1 is 1.11 bits per heavy atom. The fourth-order valence-corrected chi connectivity index (χ4v) is 2.34. The Labute approximate surface area is 114 Å². The maximum Gasteiger partial charge on any atom is 0.0995 e. The first kappa shape index (κ1) is 13.2. The summed E-state index contributed by atoms with van der Waals surface area (Å²) in [5.74, 6) is 0. The molecule has 0 radical (unpaired) electrons. The van der Waals surface area contributed by atoms with Crippen LogP contribution < -0.4 is 4.90 Å². The molecule has 2 heteroatoms. The molecule has 0 aliphatic heterocycles. The average molecular weight is 250 g/mol. The lowest BCUT2D eigenvalue weighted by molar-refractivity contribution is 0.913. The Morgan fingerprint density at radius 2 is 1.84 bits per heavy atom. The highest BCUT2D eigenvalue weighted by atomic mass is 15.1. The van der Waals surface area contributed by atoms with Crippen LogP contribution in [0.4, 0.5) is 5.69 Å². The number of anilines is 1. The summed E-state index contributed by atoms with van der Waals surface area (Å²) >= 11 is 0. The van der Waals surface area contributed by atoms with Gasteiger partial charge >= 0.3 is 0 Å². The normalized spacial score (nSPS) is 10.0. The Kier molecular flexibility index (Phi) is 3.87. The van der Waals surface area contributed by atoms with Gasteiger partial charge in [-0.1, -0.05) is 35.9 Å². The molecule has 0 aliphatic carbocycles. The molecule has 2 aromatic rings. The zero-order valence-corrected chi connectivity index (χ0v) is 11.6. The van der Waals surface area contributed by atoms with E-state index in [1.54, 1.807) is 0 Å². The quantitative estimate of drug-likeness (QED) is 0.828. The fourth-order valence-electron chi connectivity index (χ4n) is 2.34. The van der Waals surface area contributed by atoms with Gasteiger partial charge in [0, 0.05) is 19.3 Å². The number of nitrogens with zero attached hydrogens (tertiary/aromatic N) is 2. The molecular formula is C17H18N2. The van der Waals surface area contributed by atoms with Crippen LogP contribution in [0.25, 0.3) is 0 Å². The maximum absolute atomic E-state index is 9.12. The van der Waals surface area contributed by atoms with E-state index in [1.165, 1.54) is 16.8 Å². The van der Waals surface area contributed by atoms with Crippen LogP contribution in [-0.4, -0.2) is 7.05 Å². The standard InChI is InChI=1S/C17H18N2/c1-13-8-9-17(14(2)10-13)19(3)12-16-7-5-4-6-15(16)11-18/h4-10H,12H2,1-3H3. The van der Waals surface area contributed by atoms with Crippen molar-refractivity contribution in [3.8, 4) is 6.07 Å². The number of hydrogen-bond acceptors (Lipinski definition) is 2. The van der Waals surface area contributed by atoms with Gasteiger partial charge in [-0.3, -0.25) is 0 Å². The second-order valence-electron chi connectivity index (χ2n) is 4.91. The summed E-state index contributed by atoms with van der Waals surface area (Å²) in [7, 11) is 2.06. The molecule has 0 spiro atoms. The van der Waals surface area contributed by atoms with E-state index in [4.69, 9.17) is 5.26 Å². The zero-order chi connectivity index (χ0) is 13.8. The van der Waals surface area contributed by atoms with E-state index in [2.05, 4.69) is 50.1 Å². The molecule has 0 bridgehead atoms. The first-order chi connectivity index (χ1) is 9.11. The van der Waals surface area contributed by atoms with Crippen molar-refractivity contribution in [3.63, 3.8) is 0 Å². The van der Waals surface area contributed by atoms with Crippen molar-refractivity contribution in [2.75, 3.05) is 11.9 Å². The van der Waals surface area contributed by atoms with E-state index < -0.39 is 0 Å². The average Bonchev–Trinajstić information content (AvgIpc) is 2.39. The SMILES string of the molecule is Cc1ccc(N(C)Cc2ccccc2C#N)c(C)c1. The molecule has 2 rings (SSSR count). The molecule has 0 fully saturated rings. The lowest BCUT2D eigenvalue weighted by Gasteiger charge is -2.22. The van der Waals surface area contributed by atoms with Crippen LogP contribution in [-0.2, 0) is 6.54 Å². The minimum absolute atomic E-state index is 0.744. The summed E-state index contributed by atoms with van der Waals surface area (Å²) in [5, 5.41) is 9.12. The van der Waals surface area contributed by atoms with Crippen LogP contribution in [0, 0.1) is 25.2 Å². The lowest BCUT2D eigenvalue weighted by Crippen LogP contribution is -2.18. The van der Waals surface area contributed by atoms with Crippen LogP contribution in [0.5, 0.6) is 0 Å². The molecular weight excluding hydrogens is 232 g/mol. The maximum atomic E-state index is 9.12. The van der Waals surface area contributed by atoms with Crippen molar-refractivity contribution in [1.82, 2.24) is 0 Å². The smallest absolute Gasteiger partial charge is 0.0995 e. The van der Waals surface area contributed by atoms with Crippen molar-refractivity contribution in [1.29, 1.82) is 5.26 Å². The molecule has 0 N–H and O–H groups in total. The molecule has 0 aromatic heterocycles. The highest BCUT2D eigenvalue weighted by molar-refractivity contribution is 5.54. The minimum atomic E-state index is 0.744. The summed E-state index contributed by atoms with van der Waals surface area (Å²) in [4.78, 5) is 2.19. The summed E-state index contributed by atoms with van der Waals surface area (Å²) < 4.78 is 0. The van der Waals surface area contributed by atoms with Gasteiger partial charge in [-0.2, -0.15) is 5.26 Å². The molecule has 0 atom stereocenters. The van der Waals surface area contributed by atoms with Gasteiger partial charge < -0.3 is 4.90 Å². The first-order valence-electron chi connectivity index (χ1n) is 6.38. The lowest BCUT2D eigenvalue weighted by atomic mass is 10.1. The number of aryl methyl sites for hydroxylation is 2. The number of nitriles is 1. The fraction of sp³-hybridized carbons (Fsp3) is 0.235. The largest absolute Gasteiger partial charge is 0.370 e. The van der Waals surface area contributed by atoms with E-state index in [-0.39, 0.29) is 0 Å².